The Kier molecular flexibility index (Phi) is 4.60. The smallest absolute Gasteiger partial charge is 0.352 e. The van der Waals surface area contributed by atoms with Crippen molar-refractivity contribution in [2.24, 2.45) is 0 Å². The lowest BCUT2D eigenvalue weighted by molar-refractivity contribution is -0.159. The van der Waals surface area contributed by atoms with Crippen LogP contribution < -0.4 is 5.32 Å². The van der Waals surface area contributed by atoms with Gasteiger partial charge in [-0.15, -0.1) is 0 Å². The fourth-order valence-corrected chi connectivity index (χ4v) is 3.70. The molecule has 2 aromatic heterocycles. The molecule has 0 unspecified atom stereocenters. The Labute approximate surface area is 158 Å². The van der Waals surface area contributed by atoms with Crippen molar-refractivity contribution >= 4 is 16.8 Å². The number of nitrogens with one attached hydrogen (secondary N) is 1. The Morgan fingerprint density at radius 2 is 2.07 bits per heavy atom. The molecule has 0 saturated heterocycles. The summed E-state index contributed by atoms with van der Waals surface area (Å²) in [7, 11) is 0. The van der Waals surface area contributed by atoms with Crippen molar-refractivity contribution in [3.05, 3.63) is 35.9 Å². The molecule has 9 heteroatoms. The third kappa shape index (κ3) is 3.61. The first-order valence-electron chi connectivity index (χ1n) is 9.11. The molecule has 1 aliphatic rings. The average Bonchev–Trinajstić information content (AvgIpc) is 3.36. The third-order valence-electron chi connectivity index (χ3n) is 5.04. The largest absolute Gasteiger partial charge is 0.471 e. The van der Waals surface area contributed by atoms with Crippen molar-refractivity contribution in [3.8, 4) is 11.4 Å². The zero-order valence-electron chi connectivity index (χ0n) is 15.2. The van der Waals surface area contributed by atoms with Gasteiger partial charge in [0.05, 0.1) is 0 Å². The summed E-state index contributed by atoms with van der Waals surface area (Å²) in [6.45, 7) is 2.08. The van der Waals surface area contributed by atoms with E-state index in [1.54, 1.807) is 18.2 Å². The number of carbonyl (C=O) groups excluding carboxylic acids is 1. The van der Waals surface area contributed by atoms with Gasteiger partial charge in [-0.25, -0.2) is 0 Å². The van der Waals surface area contributed by atoms with E-state index >= 15 is 0 Å². The number of aryl methyl sites for hydroxylation is 1. The van der Waals surface area contributed by atoms with Gasteiger partial charge in [-0.1, -0.05) is 18.0 Å². The molecule has 148 valence electrons. The second-order valence-electron chi connectivity index (χ2n) is 7.14. The first-order valence-corrected chi connectivity index (χ1v) is 9.11. The van der Waals surface area contributed by atoms with Crippen LogP contribution in [0.4, 0.5) is 13.2 Å². The summed E-state index contributed by atoms with van der Waals surface area (Å²) in [5, 5.41) is 7.31. The summed E-state index contributed by atoms with van der Waals surface area (Å²) in [6.07, 6.45) is 1.51. The van der Waals surface area contributed by atoms with Crippen LogP contribution in [-0.2, 0) is 17.5 Å². The fraction of sp³-hybridized carbons (Fsp3) is 0.421. The van der Waals surface area contributed by atoms with Crippen molar-refractivity contribution in [3.63, 3.8) is 0 Å². The van der Waals surface area contributed by atoms with E-state index < -0.39 is 12.1 Å². The van der Waals surface area contributed by atoms with E-state index in [2.05, 4.69) is 20.0 Å². The lowest BCUT2D eigenvalue weighted by Gasteiger charge is -2.12. The maximum atomic E-state index is 12.7. The second-order valence-corrected chi connectivity index (χ2v) is 7.14. The molecule has 0 spiro atoms. The molecule has 28 heavy (non-hydrogen) atoms. The molecule has 0 radical (unpaired) electrons. The Hall–Kier alpha value is -2.84. The molecule has 0 atom stereocenters. The number of nitrogens with zero attached hydrogens (tertiary/aromatic N) is 3. The highest BCUT2D eigenvalue weighted by Crippen LogP contribution is 2.31. The van der Waals surface area contributed by atoms with Gasteiger partial charge in [-0.3, -0.25) is 4.79 Å². The normalized spacial score (nSPS) is 15.4. The van der Waals surface area contributed by atoms with Crippen LogP contribution in [0.25, 0.3) is 22.3 Å². The number of hydrogen-bond donors (Lipinski definition) is 1. The van der Waals surface area contributed by atoms with Gasteiger partial charge in [0.1, 0.15) is 6.54 Å². The van der Waals surface area contributed by atoms with Gasteiger partial charge < -0.3 is 14.4 Å². The number of amides is 1. The van der Waals surface area contributed by atoms with Crippen LogP contribution in [0, 0.1) is 6.92 Å². The van der Waals surface area contributed by atoms with Crippen molar-refractivity contribution in [1.29, 1.82) is 0 Å². The van der Waals surface area contributed by atoms with Crippen LogP contribution in [0.3, 0.4) is 0 Å². The van der Waals surface area contributed by atoms with E-state index in [1.165, 1.54) is 0 Å². The molecule has 1 fully saturated rings. The van der Waals surface area contributed by atoms with Gasteiger partial charge in [-0.05, 0) is 43.5 Å². The molecule has 1 aliphatic carbocycles. The maximum absolute atomic E-state index is 12.7. The van der Waals surface area contributed by atoms with Gasteiger partial charge in [0.2, 0.25) is 11.7 Å². The first-order chi connectivity index (χ1) is 13.3. The van der Waals surface area contributed by atoms with E-state index in [0.29, 0.717) is 5.56 Å². The maximum Gasteiger partial charge on any atom is 0.471 e. The van der Waals surface area contributed by atoms with Crippen molar-refractivity contribution in [1.82, 2.24) is 20.0 Å². The minimum Gasteiger partial charge on any atom is -0.352 e. The Morgan fingerprint density at radius 3 is 2.75 bits per heavy atom. The number of rotatable bonds is 4. The number of fused-ring (bicyclic) bond motifs is 1. The molecule has 0 bridgehead atoms. The molecule has 3 aromatic rings. The van der Waals surface area contributed by atoms with E-state index in [4.69, 9.17) is 0 Å². The standard InChI is InChI=1S/C19H19F3N4O2/c1-11-9-26(10-16(27)23-13-4-2-3-5-13)15-7-6-12(8-14(11)15)17-24-18(28-25-17)19(20,21)22/h6-9,13H,2-5,10H2,1H3,(H,23,27). The van der Waals surface area contributed by atoms with Gasteiger partial charge in [0.25, 0.3) is 0 Å². The first kappa shape index (κ1) is 18.5. The van der Waals surface area contributed by atoms with Gasteiger partial charge >= 0.3 is 12.1 Å². The second kappa shape index (κ2) is 6.96. The summed E-state index contributed by atoms with van der Waals surface area (Å²) in [4.78, 5) is 15.8. The summed E-state index contributed by atoms with van der Waals surface area (Å²) in [5.41, 5.74) is 2.15. The van der Waals surface area contributed by atoms with Crippen LogP contribution >= 0.6 is 0 Å². The van der Waals surface area contributed by atoms with E-state index in [-0.39, 0.29) is 24.3 Å². The molecule has 1 saturated carbocycles. The van der Waals surface area contributed by atoms with Gasteiger partial charge in [0.15, 0.2) is 0 Å². The molecule has 1 amide bonds. The average molecular weight is 392 g/mol. The highest BCUT2D eigenvalue weighted by molar-refractivity contribution is 5.89. The lowest BCUT2D eigenvalue weighted by Crippen LogP contribution is -2.35. The van der Waals surface area contributed by atoms with Crippen molar-refractivity contribution < 1.29 is 22.5 Å². The zero-order valence-corrected chi connectivity index (χ0v) is 15.2. The lowest BCUT2D eigenvalue weighted by atomic mass is 10.1. The minimum absolute atomic E-state index is 0.0409. The van der Waals surface area contributed by atoms with Crippen LogP contribution in [0.1, 0.15) is 37.1 Å². The Morgan fingerprint density at radius 1 is 1.32 bits per heavy atom. The number of hydrogen-bond acceptors (Lipinski definition) is 4. The van der Waals surface area contributed by atoms with Crippen molar-refractivity contribution in [2.75, 3.05) is 0 Å². The predicted molar refractivity (Wildman–Crippen MR) is 95.4 cm³/mol. The summed E-state index contributed by atoms with van der Waals surface area (Å²) < 4.78 is 44.1. The number of aromatic nitrogens is 3. The quantitative estimate of drug-likeness (QED) is 0.726. The number of halogens is 3. The molecule has 4 rings (SSSR count). The van der Waals surface area contributed by atoms with Crippen LogP contribution in [-0.4, -0.2) is 26.7 Å². The molecule has 1 N–H and O–H groups in total. The monoisotopic (exact) mass is 392 g/mol. The highest BCUT2D eigenvalue weighted by atomic mass is 19.4. The summed E-state index contributed by atoms with van der Waals surface area (Å²) in [5.74, 6) is -1.54. The van der Waals surface area contributed by atoms with Gasteiger partial charge in [-0.2, -0.15) is 18.2 Å². The Bertz CT molecular complexity index is 1020. The SMILES string of the molecule is Cc1cn(CC(=O)NC2CCCC2)c2ccc(-c3noc(C(F)(F)F)n3)cc12. The van der Waals surface area contributed by atoms with E-state index in [1.807, 2.05) is 17.7 Å². The Balaban J connectivity index is 1.58. The van der Waals surface area contributed by atoms with Gasteiger partial charge in [0, 0.05) is 28.7 Å². The highest BCUT2D eigenvalue weighted by Gasteiger charge is 2.38. The van der Waals surface area contributed by atoms with E-state index in [0.717, 1.165) is 42.1 Å². The number of carbonyl (C=O) groups is 1. The minimum atomic E-state index is -4.68. The van der Waals surface area contributed by atoms with Crippen LogP contribution in [0.5, 0.6) is 0 Å². The third-order valence-corrected chi connectivity index (χ3v) is 5.04. The molecule has 6 nitrogen and oxygen atoms in total. The predicted octanol–water partition coefficient (Wildman–Crippen LogP) is 4.08. The van der Waals surface area contributed by atoms with Crippen molar-refractivity contribution in [2.45, 2.75) is 51.4 Å². The number of alkyl halides is 3. The summed E-state index contributed by atoms with van der Waals surface area (Å²) in [6, 6.07) is 5.34. The molecule has 0 aliphatic heterocycles. The van der Waals surface area contributed by atoms with E-state index in [9.17, 15) is 18.0 Å². The molecular formula is C19H19F3N4O2. The molecular weight excluding hydrogens is 373 g/mol. The topological polar surface area (TPSA) is 73.0 Å². The van der Waals surface area contributed by atoms with Crippen LogP contribution in [0.15, 0.2) is 28.9 Å². The van der Waals surface area contributed by atoms with Crippen LogP contribution in [0.2, 0.25) is 0 Å². The number of benzene rings is 1. The molecule has 2 heterocycles. The summed E-state index contributed by atoms with van der Waals surface area (Å²) >= 11 is 0. The molecule has 1 aromatic carbocycles. The fourth-order valence-electron chi connectivity index (χ4n) is 3.70. The zero-order chi connectivity index (χ0) is 19.9.